The Kier molecular flexibility index (Phi) is 5.93. The third-order valence-corrected chi connectivity index (χ3v) is 3.82. The van der Waals surface area contributed by atoms with Crippen molar-refractivity contribution in [2.45, 2.75) is 26.8 Å². The number of fused-ring (bicyclic) bond motifs is 1. The lowest BCUT2D eigenvalue weighted by Gasteiger charge is -2.17. The second-order valence-electron chi connectivity index (χ2n) is 5.88. The number of hydrogen-bond acceptors (Lipinski definition) is 4. The van der Waals surface area contributed by atoms with Crippen molar-refractivity contribution < 1.29 is 14.3 Å². The second-order valence-corrected chi connectivity index (χ2v) is 5.88. The van der Waals surface area contributed by atoms with E-state index in [9.17, 15) is 4.79 Å². The van der Waals surface area contributed by atoms with Crippen LogP contribution in [0.1, 0.15) is 31.3 Å². The van der Waals surface area contributed by atoms with Crippen molar-refractivity contribution in [1.82, 2.24) is 10.3 Å². The number of nitrogens with zero attached hydrogens (tertiary/aromatic N) is 1. The Hall–Kier alpha value is -2.14. The third kappa shape index (κ3) is 4.42. The Balaban J connectivity index is 2.31. The molecule has 1 heterocycles. The maximum absolute atomic E-state index is 12.4. The maximum Gasteiger partial charge on any atom is 0.270 e. The van der Waals surface area contributed by atoms with Crippen LogP contribution in [0.2, 0.25) is 0 Å². The Morgan fingerprint density at radius 1 is 1.22 bits per heavy atom. The number of rotatable bonds is 7. The van der Waals surface area contributed by atoms with E-state index in [4.69, 9.17) is 9.47 Å². The first kappa shape index (κ1) is 17.2. The molecule has 0 radical (unpaired) electrons. The van der Waals surface area contributed by atoms with Gasteiger partial charge in [-0.1, -0.05) is 32.0 Å². The van der Waals surface area contributed by atoms with E-state index in [1.807, 2.05) is 31.2 Å². The van der Waals surface area contributed by atoms with Crippen LogP contribution in [0.3, 0.4) is 0 Å². The monoisotopic (exact) mass is 316 g/mol. The summed E-state index contributed by atoms with van der Waals surface area (Å²) in [4.78, 5) is 16.8. The summed E-state index contributed by atoms with van der Waals surface area (Å²) >= 11 is 0. The van der Waals surface area contributed by atoms with Gasteiger partial charge in [-0.25, -0.2) is 4.98 Å². The molecule has 1 amide bonds. The molecule has 2 rings (SSSR count). The minimum absolute atomic E-state index is 0.0774. The van der Waals surface area contributed by atoms with Crippen LogP contribution in [0.5, 0.6) is 5.88 Å². The number of pyridine rings is 1. The smallest absolute Gasteiger partial charge is 0.270 e. The van der Waals surface area contributed by atoms with Crippen LogP contribution in [0.15, 0.2) is 30.3 Å². The summed E-state index contributed by atoms with van der Waals surface area (Å²) in [5.41, 5.74) is 0.364. The second kappa shape index (κ2) is 7.92. The molecule has 0 saturated heterocycles. The number of methoxy groups -OCH3 is 1. The van der Waals surface area contributed by atoms with Gasteiger partial charge < -0.3 is 14.8 Å². The van der Waals surface area contributed by atoms with Crippen LogP contribution in [0.4, 0.5) is 0 Å². The van der Waals surface area contributed by atoms with Crippen molar-refractivity contribution in [1.29, 1.82) is 0 Å². The Morgan fingerprint density at radius 3 is 2.65 bits per heavy atom. The molecular formula is C18H24N2O3. The predicted octanol–water partition coefficient (Wildman–Crippen LogP) is 3.03. The van der Waals surface area contributed by atoms with Crippen LogP contribution in [0, 0.1) is 5.92 Å². The molecule has 1 N–H and O–H groups in total. The van der Waals surface area contributed by atoms with E-state index < -0.39 is 0 Å². The molecule has 2 aromatic rings. The summed E-state index contributed by atoms with van der Waals surface area (Å²) in [5, 5.41) is 4.79. The first-order valence-corrected chi connectivity index (χ1v) is 7.85. The SMILES string of the molecule is COCCOc1nc(C(=O)N[C@H](C)C(C)C)cc2ccccc12. The Morgan fingerprint density at radius 2 is 1.96 bits per heavy atom. The molecular weight excluding hydrogens is 292 g/mol. The lowest BCUT2D eigenvalue weighted by molar-refractivity contribution is 0.0924. The largest absolute Gasteiger partial charge is 0.475 e. The van der Waals surface area contributed by atoms with E-state index >= 15 is 0 Å². The van der Waals surface area contributed by atoms with E-state index in [1.54, 1.807) is 13.2 Å². The van der Waals surface area contributed by atoms with Gasteiger partial charge in [0.15, 0.2) is 0 Å². The molecule has 1 aromatic carbocycles. The number of hydrogen-bond donors (Lipinski definition) is 1. The summed E-state index contributed by atoms with van der Waals surface area (Å²) in [5.74, 6) is 0.632. The predicted molar refractivity (Wildman–Crippen MR) is 90.9 cm³/mol. The van der Waals surface area contributed by atoms with Crippen LogP contribution >= 0.6 is 0 Å². The van der Waals surface area contributed by atoms with Gasteiger partial charge in [0, 0.05) is 18.5 Å². The molecule has 5 nitrogen and oxygen atoms in total. The molecule has 0 unspecified atom stereocenters. The van der Waals surface area contributed by atoms with Crippen LogP contribution in [-0.4, -0.2) is 37.3 Å². The first-order valence-electron chi connectivity index (χ1n) is 7.85. The van der Waals surface area contributed by atoms with Crippen molar-refractivity contribution >= 4 is 16.7 Å². The summed E-state index contributed by atoms with van der Waals surface area (Å²) < 4.78 is 10.7. The number of benzene rings is 1. The standard InChI is InChI=1S/C18H24N2O3/c1-12(2)13(3)19-17(21)16-11-14-7-5-6-8-15(14)18(20-16)23-10-9-22-4/h5-8,11-13H,9-10H2,1-4H3,(H,19,21)/t13-/m1/s1. The van der Waals surface area contributed by atoms with Crippen LogP contribution < -0.4 is 10.1 Å². The molecule has 0 bridgehead atoms. The van der Waals surface area contributed by atoms with Crippen LogP contribution in [-0.2, 0) is 4.74 Å². The van der Waals surface area contributed by atoms with E-state index in [2.05, 4.69) is 24.1 Å². The lowest BCUT2D eigenvalue weighted by atomic mass is 10.1. The van der Waals surface area contributed by atoms with Gasteiger partial charge in [-0.3, -0.25) is 4.79 Å². The molecule has 23 heavy (non-hydrogen) atoms. The maximum atomic E-state index is 12.4. The Labute approximate surface area is 137 Å². The fourth-order valence-electron chi connectivity index (χ4n) is 2.06. The molecule has 1 atom stereocenters. The third-order valence-electron chi connectivity index (χ3n) is 3.82. The van der Waals surface area contributed by atoms with Gasteiger partial charge in [-0.15, -0.1) is 0 Å². The van der Waals surface area contributed by atoms with Crippen LogP contribution in [0.25, 0.3) is 10.8 Å². The average Bonchev–Trinajstić information content (AvgIpc) is 2.54. The number of nitrogens with one attached hydrogen (secondary N) is 1. The van der Waals surface area contributed by atoms with Gasteiger partial charge in [0.05, 0.1) is 6.61 Å². The highest BCUT2D eigenvalue weighted by Gasteiger charge is 2.16. The molecule has 0 fully saturated rings. The van der Waals surface area contributed by atoms with Gasteiger partial charge in [-0.2, -0.15) is 0 Å². The van der Waals surface area contributed by atoms with Crippen molar-refractivity contribution in [3.8, 4) is 5.88 Å². The van der Waals surface area contributed by atoms with Crippen molar-refractivity contribution in [3.63, 3.8) is 0 Å². The van der Waals surface area contributed by atoms with Crippen molar-refractivity contribution in [2.24, 2.45) is 5.92 Å². The Bertz CT molecular complexity index is 670. The summed E-state index contributed by atoms with van der Waals surface area (Å²) in [6, 6.07) is 9.61. The normalized spacial score (nSPS) is 12.4. The summed E-state index contributed by atoms with van der Waals surface area (Å²) in [6.45, 7) is 6.98. The quantitative estimate of drug-likeness (QED) is 0.798. The number of ether oxygens (including phenoxy) is 2. The van der Waals surface area contributed by atoms with E-state index in [0.717, 1.165) is 10.8 Å². The van der Waals surface area contributed by atoms with Gasteiger partial charge in [0.25, 0.3) is 5.91 Å². The fourth-order valence-corrected chi connectivity index (χ4v) is 2.06. The molecule has 0 saturated carbocycles. The molecule has 0 spiro atoms. The van der Waals surface area contributed by atoms with Gasteiger partial charge in [0.1, 0.15) is 12.3 Å². The molecule has 124 valence electrons. The van der Waals surface area contributed by atoms with Crippen molar-refractivity contribution in [3.05, 3.63) is 36.0 Å². The van der Waals surface area contributed by atoms with E-state index in [1.165, 1.54) is 0 Å². The molecule has 0 aliphatic heterocycles. The number of carbonyl (C=O) groups excluding carboxylic acids is 1. The molecule has 0 aliphatic carbocycles. The number of carbonyl (C=O) groups is 1. The highest BCUT2D eigenvalue weighted by Crippen LogP contribution is 2.24. The summed E-state index contributed by atoms with van der Waals surface area (Å²) in [7, 11) is 1.62. The molecule has 0 aliphatic rings. The fraction of sp³-hybridized carbons (Fsp3) is 0.444. The number of aromatic nitrogens is 1. The first-order chi connectivity index (χ1) is 11.0. The van der Waals surface area contributed by atoms with Crippen molar-refractivity contribution in [2.75, 3.05) is 20.3 Å². The summed E-state index contributed by atoms with van der Waals surface area (Å²) in [6.07, 6.45) is 0. The zero-order valence-electron chi connectivity index (χ0n) is 14.1. The molecule has 5 heteroatoms. The molecule has 1 aromatic heterocycles. The topological polar surface area (TPSA) is 60.5 Å². The highest BCUT2D eigenvalue weighted by molar-refractivity contribution is 5.98. The van der Waals surface area contributed by atoms with Gasteiger partial charge in [0.2, 0.25) is 5.88 Å². The zero-order valence-corrected chi connectivity index (χ0v) is 14.1. The van der Waals surface area contributed by atoms with E-state index in [-0.39, 0.29) is 11.9 Å². The van der Waals surface area contributed by atoms with E-state index in [0.29, 0.717) is 30.7 Å². The van der Waals surface area contributed by atoms with Gasteiger partial charge >= 0.3 is 0 Å². The zero-order chi connectivity index (χ0) is 16.8. The average molecular weight is 316 g/mol. The lowest BCUT2D eigenvalue weighted by Crippen LogP contribution is -2.36. The highest BCUT2D eigenvalue weighted by atomic mass is 16.5. The van der Waals surface area contributed by atoms with Gasteiger partial charge in [-0.05, 0) is 30.4 Å². The number of amides is 1. The minimum atomic E-state index is -0.187. The minimum Gasteiger partial charge on any atom is -0.475 e.